The fourth-order valence-corrected chi connectivity index (χ4v) is 1.37. The van der Waals surface area contributed by atoms with Gasteiger partial charge in [0.2, 0.25) is 5.91 Å². The molecule has 0 heterocycles. The van der Waals surface area contributed by atoms with Crippen molar-refractivity contribution in [2.24, 2.45) is 0 Å². The normalized spacial score (nSPS) is 11.5. The first-order valence-corrected chi connectivity index (χ1v) is 5.60. The van der Waals surface area contributed by atoms with Gasteiger partial charge in [-0.25, -0.2) is 0 Å². The van der Waals surface area contributed by atoms with Gasteiger partial charge in [0.05, 0.1) is 6.54 Å². The molecule has 0 unspecified atom stereocenters. The van der Waals surface area contributed by atoms with E-state index in [0.29, 0.717) is 13.0 Å². The van der Waals surface area contributed by atoms with Gasteiger partial charge in [-0.3, -0.25) is 4.79 Å². The van der Waals surface area contributed by atoms with E-state index in [-0.39, 0.29) is 18.1 Å². The summed E-state index contributed by atoms with van der Waals surface area (Å²) in [5.41, 5.74) is -0.183. The van der Waals surface area contributed by atoms with Crippen molar-refractivity contribution in [2.45, 2.75) is 39.7 Å². The predicted molar refractivity (Wildman–Crippen MR) is 61.7 cm³/mol. The quantitative estimate of drug-likeness (QED) is 0.655. The van der Waals surface area contributed by atoms with E-state index >= 15 is 0 Å². The fraction of sp³-hybridized carbons (Fsp3) is 0.909. The number of carbonyl (C=O) groups is 1. The number of aliphatic hydroxyl groups is 1. The zero-order valence-corrected chi connectivity index (χ0v) is 10.3. The summed E-state index contributed by atoms with van der Waals surface area (Å²) in [7, 11) is 0. The lowest BCUT2D eigenvalue weighted by atomic mass is 10.0. The van der Waals surface area contributed by atoms with Gasteiger partial charge in [-0.15, -0.1) is 0 Å². The summed E-state index contributed by atoms with van der Waals surface area (Å²) >= 11 is 0. The van der Waals surface area contributed by atoms with Gasteiger partial charge in [-0.1, -0.05) is 0 Å². The summed E-state index contributed by atoms with van der Waals surface area (Å²) in [5, 5.41) is 12.0. The molecule has 0 atom stereocenters. The highest BCUT2D eigenvalue weighted by Crippen LogP contribution is 2.06. The van der Waals surface area contributed by atoms with Crippen LogP contribution in [0.4, 0.5) is 0 Å². The summed E-state index contributed by atoms with van der Waals surface area (Å²) in [4.78, 5) is 13.5. The monoisotopic (exact) mass is 216 g/mol. The molecule has 0 aliphatic carbocycles. The number of aliphatic hydroxyl groups excluding tert-OH is 1. The van der Waals surface area contributed by atoms with Crippen LogP contribution in [-0.4, -0.2) is 47.7 Å². The Morgan fingerprint density at radius 1 is 1.33 bits per heavy atom. The van der Waals surface area contributed by atoms with Crippen LogP contribution < -0.4 is 5.32 Å². The van der Waals surface area contributed by atoms with Gasteiger partial charge in [-0.2, -0.15) is 0 Å². The fourth-order valence-electron chi connectivity index (χ4n) is 1.37. The van der Waals surface area contributed by atoms with Gasteiger partial charge >= 0.3 is 0 Å². The zero-order valence-electron chi connectivity index (χ0n) is 10.3. The molecule has 90 valence electrons. The Balaban J connectivity index is 3.98. The molecule has 0 aliphatic rings. The summed E-state index contributed by atoms with van der Waals surface area (Å²) in [6, 6.07) is 0. The predicted octanol–water partition coefficient (Wildman–Crippen LogP) is 0.605. The second-order valence-electron chi connectivity index (χ2n) is 4.28. The van der Waals surface area contributed by atoms with Crippen LogP contribution in [0.5, 0.6) is 0 Å². The highest BCUT2D eigenvalue weighted by molar-refractivity contribution is 5.78. The molecule has 0 saturated carbocycles. The van der Waals surface area contributed by atoms with Crippen molar-refractivity contribution in [1.29, 1.82) is 0 Å². The molecule has 15 heavy (non-hydrogen) atoms. The van der Waals surface area contributed by atoms with Crippen molar-refractivity contribution in [3.63, 3.8) is 0 Å². The molecule has 0 aromatic carbocycles. The molecule has 4 nitrogen and oxygen atoms in total. The maximum atomic E-state index is 11.7. The van der Waals surface area contributed by atoms with E-state index in [1.165, 1.54) is 0 Å². The first kappa shape index (κ1) is 14.4. The third-order valence-corrected chi connectivity index (χ3v) is 2.57. The molecule has 4 heteroatoms. The lowest BCUT2D eigenvalue weighted by Crippen LogP contribution is -2.46. The number of amides is 1. The van der Waals surface area contributed by atoms with Crippen LogP contribution in [0.25, 0.3) is 0 Å². The molecule has 0 fully saturated rings. The third kappa shape index (κ3) is 5.74. The Morgan fingerprint density at radius 3 is 2.27 bits per heavy atom. The Bertz CT molecular complexity index is 189. The molecule has 2 N–H and O–H groups in total. The van der Waals surface area contributed by atoms with Gasteiger partial charge in [0, 0.05) is 25.2 Å². The van der Waals surface area contributed by atoms with E-state index in [0.717, 1.165) is 13.1 Å². The number of likely N-dealkylation sites (N-methyl/N-ethyl adjacent to an activating group) is 1. The van der Waals surface area contributed by atoms with Crippen molar-refractivity contribution < 1.29 is 9.90 Å². The van der Waals surface area contributed by atoms with E-state index in [4.69, 9.17) is 5.11 Å². The van der Waals surface area contributed by atoms with Crippen LogP contribution >= 0.6 is 0 Å². The molecule has 1 amide bonds. The van der Waals surface area contributed by atoms with Crippen molar-refractivity contribution in [3.05, 3.63) is 0 Å². The van der Waals surface area contributed by atoms with Crippen molar-refractivity contribution in [1.82, 2.24) is 10.2 Å². The van der Waals surface area contributed by atoms with E-state index < -0.39 is 0 Å². The van der Waals surface area contributed by atoms with Crippen molar-refractivity contribution >= 4 is 5.91 Å². The van der Waals surface area contributed by atoms with E-state index in [2.05, 4.69) is 5.32 Å². The van der Waals surface area contributed by atoms with Gasteiger partial charge in [-0.05, 0) is 34.1 Å². The van der Waals surface area contributed by atoms with Gasteiger partial charge < -0.3 is 15.3 Å². The SMILES string of the molecule is CCN(CC)C(=O)CNC(C)(C)CCO. The molecule has 0 rings (SSSR count). The van der Waals surface area contributed by atoms with Crippen LogP contribution in [0.3, 0.4) is 0 Å². The second kappa shape index (κ2) is 6.80. The number of nitrogens with zero attached hydrogens (tertiary/aromatic N) is 1. The Labute approximate surface area is 92.7 Å². The number of carbonyl (C=O) groups excluding carboxylic acids is 1. The molecular formula is C11H24N2O2. The lowest BCUT2D eigenvalue weighted by Gasteiger charge is -2.27. The largest absolute Gasteiger partial charge is 0.396 e. The van der Waals surface area contributed by atoms with E-state index in [9.17, 15) is 4.79 Å². The first-order valence-electron chi connectivity index (χ1n) is 5.60. The maximum Gasteiger partial charge on any atom is 0.236 e. The summed E-state index contributed by atoms with van der Waals surface area (Å²) < 4.78 is 0. The van der Waals surface area contributed by atoms with Crippen LogP contribution in [-0.2, 0) is 4.79 Å². The topological polar surface area (TPSA) is 52.6 Å². The van der Waals surface area contributed by atoms with Crippen LogP contribution in [0, 0.1) is 0 Å². The average molecular weight is 216 g/mol. The van der Waals surface area contributed by atoms with Crippen molar-refractivity contribution in [2.75, 3.05) is 26.2 Å². The molecule has 0 bridgehead atoms. The maximum absolute atomic E-state index is 11.7. The third-order valence-electron chi connectivity index (χ3n) is 2.57. The number of hydrogen-bond donors (Lipinski definition) is 2. The van der Waals surface area contributed by atoms with Crippen molar-refractivity contribution in [3.8, 4) is 0 Å². The lowest BCUT2D eigenvalue weighted by molar-refractivity contribution is -0.130. The minimum absolute atomic E-state index is 0.117. The first-order chi connectivity index (χ1) is 6.96. The molecule has 0 saturated heterocycles. The standard InChI is InChI=1S/C11H24N2O2/c1-5-13(6-2)10(15)9-12-11(3,4)7-8-14/h12,14H,5-9H2,1-4H3. The minimum Gasteiger partial charge on any atom is -0.396 e. The Morgan fingerprint density at radius 2 is 1.87 bits per heavy atom. The molecule has 0 aromatic heterocycles. The van der Waals surface area contributed by atoms with E-state index in [1.54, 1.807) is 4.90 Å². The number of nitrogens with one attached hydrogen (secondary N) is 1. The summed E-state index contributed by atoms with van der Waals surface area (Å²) in [6.07, 6.45) is 0.651. The van der Waals surface area contributed by atoms with Gasteiger partial charge in [0.25, 0.3) is 0 Å². The van der Waals surface area contributed by atoms with Gasteiger partial charge in [0.15, 0.2) is 0 Å². The van der Waals surface area contributed by atoms with Crippen LogP contribution in [0.15, 0.2) is 0 Å². The van der Waals surface area contributed by atoms with E-state index in [1.807, 2.05) is 27.7 Å². The molecule has 0 aliphatic heterocycles. The van der Waals surface area contributed by atoms with Gasteiger partial charge in [0.1, 0.15) is 0 Å². The summed E-state index contributed by atoms with van der Waals surface area (Å²) in [5.74, 6) is 0.117. The Kier molecular flexibility index (Phi) is 6.52. The average Bonchev–Trinajstić information content (AvgIpc) is 2.17. The number of rotatable bonds is 7. The minimum atomic E-state index is -0.183. The molecule has 0 radical (unpaired) electrons. The highest BCUT2D eigenvalue weighted by Gasteiger charge is 2.18. The smallest absolute Gasteiger partial charge is 0.236 e. The molecule has 0 spiro atoms. The van der Waals surface area contributed by atoms with Crippen LogP contribution in [0.2, 0.25) is 0 Å². The highest BCUT2D eigenvalue weighted by atomic mass is 16.3. The Hall–Kier alpha value is -0.610. The zero-order chi connectivity index (χ0) is 11.9. The van der Waals surface area contributed by atoms with Crippen LogP contribution in [0.1, 0.15) is 34.1 Å². The molecule has 0 aromatic rings. The number of hydrogen-bond acceptors (Lipinski definition) is 3. The molecular weight excluding hydrogens is 192 g/mol. The summed E-state index contributed by atoms with van der Waals surface area (Å²) in [6.45, 7) is 9.89. The second-order valence-corrected chi connectivity index (χ2v) is 4.28.